The Bertz CT molecular complexity index is 520. The molecule has 0 aliphatic heterocycles. The number of methoxy groups -OCH3 is 1. The minimum absolute atomic E-state index is 0.715. The van der Waals surface area contributed by atoms with Crippen molar-refractivity contribution in [3.05, 3.63) is 29.1 Å². The Hall–Kier alpha value is -1.13. The van der Waals surface area contributed by atoms with Crippen LogP contribution >= 0.6 is 0 Å². The molecular weight excluding hydrogens is 262 g/mol. The molecule has 1 N–H and O–H groups in total. The number of nitrogens with one attached hydrogen (secondary N) is 1. The molecule has 0 unspecified atom stereocenters. The highest BCUT2D eigenvalue weighted by molar-refractivity contribution is 5.24. The van der Waals surface area contributed by atoms with Gasteiger partial charge in [0.15, 0.2) is 0 Å². The minimum Gasteiger partial charge on any atom is -0.383 e. The van der Waals surface area contributed by atoms with Crippen LogP contribution in [-0.4, -0.2) is 30.0 Å². The van der Waals surface area contributed by atoms with Crippen LogP contribution in [0, 0.1) is 31.6 Å². The first-order valence-corrected chi connectivity index (χ1v) is 8.10. The molecule has 21 heavy (non-hydrogen) atoms. The second-order valence-corrected chi connectivity index (χ2v) is 6.54. The fourth-order valence-corrected chi connectivity index (χ4v) is 3.90. The van der Waals surface area contributed by atoms with Crippen molar-refractivity contribution in [2.75, 3.05) is 20.3 Å². The lowest BCUT2D eigenvalue weighted by Crippen LogP contribution is -2.25. The molecular formula is C17H27N3O. The molecule has 1 fully saturated rings. The molecule has 2 bridgehead atoms. The van der Waals surface area contributed by atoms with E-state index < -0.39 is 0 Å². The average molecular weight is 289 g/mol. The molecule has 0 amide bonds. The van der Waals surface area contributed by atoms with Crippen LogP contribution in [0.3, 0.4) is 0 Å². The molecule has 116 valence electrons. The van der Waals surface area contributed by atoms with Crippen LogP contribution in [0.1, 0.15) is 29.8 Å². The number of rotatable bonds is 7. The van der Waals surface area contributed by atoms with E-state index in [2.05, 4.69) is 41.1 Å². The van der Waals surface area contributed by atoms with Gasteiger partial charge in [0.25, 0.3) is 0 Å². The number of hydrogen-bond acceptors (Lipinski definition) is 3. The summed E-state index contributed by atoms with van der Waals surface area (Å²) in [6.45, 7) is 7.88. The molecule has 1 heterocycles. The van der Waals surface area contributed by atoms with Crippen molar-refractivity contribution in [1.82, 2.24) is 15.1 Å². The number of aryl methyl sites for hydroxylation is 1. The summed E-state index contributed by atoms with van der Waals surface area (Å²) in [6.07, 6.45) is 7.60. The molecule has 0 spiro atoms. The molecule has 1 saturated carbocycles. The number of fused-ring (bicyclic) bond motifs is 2. The van der Waals surface area contributed by atoms with Gasteiger partial charge in [0, 0.05) is 24.9 Å². The minimum atomic E-state index is 0.715. The predicted molar refractivity (Wildman–Crippen MR) is 84.1 cm³/mol. The van der Waals surface area contributed by atoms with Crippen LogP contribution in [0.2, 0.25) is 0 Å². The van der Waals surface area contributed by atoms with Gasteiger partial charge in [-0.25, -0.2) is 0 Å². The number of hydrogen-bond donors (Lipinski definition) is 1. The van der Waals surface area contributed by atoms with Gasteiger partial charge < -0.3 is 10.1 Å². The molecule has 4 nitrogen and oxygen atoms in total. The lowest BCUT2D eigenvalue weighted by atomic mass is 9.93. The van der Waals surface area contributed by atoms with Gasteiger partial charge in [0.2, 0.25) is 0 Å². The van der Waals surface area contributed by atoms with Crippen molar-refractivity contribution in [3.8, 4) is 0 Å². The maximum absolute atomic E-state index is 5.14. The lowest BCUT2D eigenvalue weighted by Gasteiger charge is -2.18. The van der Waals surface area contributed by atoms with Gasteiger partial charge in [0.1, 0.15) is 0 Å². The maximum atomic E-state index is 5.14. The first kappa shape index (κ1) is 14.8. The summed E-state index contributed by atoms with van der Waals surface area (Å²) in [4.78, 5) is 0. The summed E-state index contributed by atoms with van der Waals surface area (Å²) in [5, 5.41) is 8.28. The van der Waals surface area contributed by atoms with E-state index in [4.69, 9.17) is 4.74 Å². The highest BCUT2D eigenvalue weighted by atomic mass is 16.5. The highest BCUT2D eigenvalue weighted by Crippen LogP contribution is 2.42. The van der Waals surface area contributed by atoms with Gasteiger partial charge in [-0.3, -0.25) is 4.68 Å². The number of nitrogens with zero attached hydrogens (tertiary/aromatic N) is 2. The Morgan fingerprint density at radius 3 is 2.86 bits per heavy atom. The zero-order chi connectivity index (χ0) is 14.8. The van der Waals surface area contributed by atoms with Crippen molar-refractivity contribution in [2.45, 2.75) is 39.8 Å². The summed E-state index contributed by atoms with van der Waals surface area (Å²) < 4.78 is 7.21. The van der Waals surface area contributed by atoms with Crippen LogP contribution in [-0.2, 0) is 17.8 Å². The zero-order valence-corrected chi connectivity index (χ0v) is 13.4. The van der Waals surface area contributed by atoms with Crippen molar-refractivity contribution in [1.29, 1.82) is 0 Å². The SMILES string of the molecule is COCCn1nc(C)c(CNC[C@H]2C[C@H]3C=C[C@H]2C3)c1C. The van der Waals surface area contributed by atoms with E-state index in [9.17, 15) is 0 Å². The monoisotopic (exact) mass is 289 g/mol. The maximum Gasteiger partial charge on any atom is 0.0658 e. The molecule has 2 aliphatic rings. The van der Waals surface area contributed by atoms with E-state index in [1.165, 1.54) is 24.1 Å². The molecule has 3 atom stereocenters. The topological polar surface area (TPSA) is 39.1 Å². The van der Waals surface area contributed by atoms with Crippen molar-refractivity contribution < 1.29 is 4.74 Å². The van der Waals surface area contributed by atoms with Crippen molar-refractivity contribution >= 4 is 0 Å². The second-order valence-electron chi connectivity index (χ2n) is 6.54. The second kappa shape index (κ2) is 6.32. The van der Waals surface area contributed by atoms with Gasteiger partial charge in [-0.2, -0.15) is 5.10 Å². The molecule has 0 radical (unpaired) electrons. The predicted octanol–water partition coefficient (Wildman–Crippen LogP) is 2.45. The Balaban J connectivity index is 1.53. The summed E-state index contributed by atoms with van der Waals surface area (Å²) >= 11 is 0. The first-order valence-electron chi connectivity index (χ1n) is 8.10. The largest absolute Gasteiger partial charge is 0.383 e. The van der Waals surface area contributed by atoms with E-state index in [1.54, 1.807) is 7.11 Å². The normalized spacial score (nSPS) is 26.9. The third kappa shape index (κ3) is 3.06. The van der Waals surface area contributed by atoms with E-state index in [1.807, 2.05) is 0 Å². The van der Waals surface area contributed by atoms with Crippen LogP contribution < -0.4 is 5.32 Å². The van der Waals surface area contributed by atoms with Gasteiger partial charge in [-0.05, 0) is 51.0 Å². The van der Waals surface area contributed by atoms with E-state index in [-0.39, 0.29) is 0 Å². The standard InChI is InChI=1S/C17H27N3O/c1-12-17(13(2)20(19-12)6-7-21-3)11-18-10-16-9-14-4-5-15(16)8-14/h4-5,14-16,18H,6-11H2,1-3H3/t14-,15-,16+/m0/s1. The van der Waals surface area contributed by atoms with Crippen molar-refractivity contribution in [3.63, 3.8) is 0 Å². The third-order valence-corrected chi connectivity index (χ3v) is 5.16. The molecule has 4 heteroatoms. The summed E-state index contributed by atoms with van der Waals surface area (Å²) in [6, 6.07) is 0. The van der Waals surface area contributed by atoms with Crippen LogP contribution in [0.4, 0.5) is 0 Å². The molecule has 0 aromatic carbocycles. The number of ether oxygens (including phenoxy) is 1. The van der Waals surface area contributed by atoms with Gasteiger partial charge in [-0.15, -0.1) is 0 Å². The number of allylic oxidation sites excluding steroid dienone is 2. The van der Waals surface area contributed by atoms with E-state index in [0.29, 0.717) is 6.61 Å². The fourth-order valence-electron chi connectivity index (χ4n) is 3.90. The number of aromatic nitrogens is 2. The Labute approximate surface area is 127 Å². The van der Waals surface area contributed by atoms with Gasteiger partial charge in [-0.1, -0.05) is 12.2 Å². The van der Waals surface area contributed by atoms with Crippen LogP contribution in [0.15, 0.2) is 12.2 Å². The smallest absolute Gasteiger partial charge is 0.0658 e. The zero-order valence-electron chi connectivity index (χ0n) is 13.4. The molecule has 1 aromatic rings. The quantitative estimate of drug-likeness (QED) is 0.784. The van der Waals surface area contributed by atoms with E-state index in [0.717, 1.165) is 43.1 Å². The van der Waals surface area contributed by atoms with E-state index >= 15 is 0 Å². The average Bonchev–Trinajstić information content (AvgIpc) is 3.15. The van der Waals surface area contributed by atoms with Crippen LogP contribution in [0.25, 0.3) is 0 Å². The summed E-state index contributed by atoms with van der Waals surface area (Å²) in [5.41, 5.74) is 3.76. The lowest BCUT2D eigenvalue weighted by molar-refractivity contribution is 0.182. The fraction of sp³-hybridized carbons (Fsp3) is 0.706. The molecule has 0 saturated heterocycles. The third-order valence-electron chi connectivity index (χ3n) is 5.16. The molecule has 2 aliphatic carbocycles. The van der Waals surface area contributed by atoms with Crippen LogP contribution in [0.5, 0.6) is 0 Å². The Morgan fingerprint density at radius 1 is 1.33 bits per heavy atom. The summed E-state index contributed by atoms with van der Waals surface area (Å²) in [7, 11) is 1.73. The summed E-state index contributed by atoms with van der Waals surface area (Å²) in [5.74, 6) is 2.53. The Kier molecular flexibility index (Phi) is 4.45. The Morgan fingerprint density at radius 2 is 2.19 bits per heavy atom. The van der Waals surface area contributed by atoms with Gasteiger partial charge >= 0.3 is 0 Å². The molecule has 1 aromatic heterocycles. The van der Waals surface area contributed by atoms with Gasteiger partial charge in [0.05, 0.1) is 18.8 Å². The van der Waals surface area contributed by atoms with Crippen molar-refractivity contribution in [2.24, 2.45) is 17.8 Å². The molecule has 3 rings (SSSR count). The highest BCUT2D eigenvalue weighted by Gasteiger charge is 2.34. The first-order chi connectivity index (χ1) is 10.2.